The molecule has 2 aromatic carbocycles. The molecular formula is C23H23BrClN3O2. The zero-order chi connectivity index (χ0) is 21.8. The Morgan fingerprint density at radius 3 is 2.77 bits per heavy atom. The molecule has 0 spiro atoms. The minimum atomic E-state index is -0.359. The number of aryl methyl sites for hydroxylation is 2. The van der Waals surface area contributed by atoms with Gasteiger partial charge in [0.25, 0.3) is 5.91 Å². The van der Waals surface area contributed by atoms with Crippen molar-refractivity contribution >= 4 is 50.6 Å². The number of hydrazone groups is 1. The van der Waals surface area contributed by atoms with Crippen molar-refractivity contribution in [2.24, 2.45) is 5.10 Å². The minimum Gasteiger partial charge on any atom is -0.483 e. The SMILES string of the molecule is Cc1ccc2cc(/C=N/NC(=O)COc3cc(C)c(Br)cc3C(C)C)c(Cl)nc2c1. The van der Waals surface area contributed by atoms with E-state index in [-0.39, 0.29) is 18.4 Å². The van der Waals surface area contributed by atoms with E-state index >= 15 is 0 Å². The summed E-state index contributed by atoms with van der Waals surface area (Å²) < 4.78 is 6.76. The van der Waals surface area contributed by atoms with Crippen LogP contribution in [0.5, 0.6) is 5.75 Å². The van der Waals surface area contributed by atoms with Crippen molar-refractivity contribution < 1.29 is 9.53 Å². The van der Waals surface area contributed by atoms with Gasteiger partial charge in [-0.25, -0.2) is 10.4 Å². The highest BCUT2D eigenvalue weighted by Crippen LogP contribution is 2.32. The maximum absolute atomic E-state index is 12.2. The molecule has 0 atom stereocenters. The number of rotatable bonds is 6. The number of hydrogen-bond acceptors (Lipinski definition) is 4. The fourth-order valence-electron chi connectivity index (χ4n) is 2.96. The van der Waals surface area contributed by atoms with Crippen LogP contribution in [0, 0.1) is 13.8 Å². The average molecular weight is 489 g/mol. The van der Waals surface area contributed by atoms with Gasteiger partial charge in [0.1, 0.15) is 10.9 Å². The Bertz CT molecular complexity index is 1130. The number of carbonyl (C=O) groups is 1. The van der Waals surface area contributed by atoms with E-state index in [0.29, 0.717) is 16.5 Å². The van der Waals surface area contributed by atoms with Gasteiger partial charge in [-0.2, -0.15) is 5.10 Å². The molecule has 156 valence electrons. The molecule has 0 aliphatic rings. The van der Waals surface area contributed by atoms with Crippen LogP contribution in [-0.4, -0.2) is 23.7 Å². The van der Waals surface area contributed by atoms with Crippen LogP contribution < -0.4 is 10.2 Å². The summed E-state index contributed by atoms with van der Waals surface area (Å²) >= 11 is 9.78. The van der Waals surface area contributed by atoms with Crippen molar-refractivity contribution in [3.05, 3.63) is 68.3 Å². The Hall–Kier alpha value is -2.44. The molecule has 5 nitrogen and oxygen atoms in total. The summed E-state index contributed by atoms with van der Waals surface area (Å²) in [6, 6.07) is 11.8. The maximum atomic E-state index is 12.2. The van der Waals surface area contributed by atoms with E-state index in [1.807, 2.05) is 50.2 Å². The molecule has 0 saturated carbocycles. The van der Waals surface area contributed by atoms with Gasteiger partial charge in [0.2, 0.25) is 0 Å². The van der Waals surface area contributed by atoms with Crippen LogP contribution in [0.4, 0.5) is 0 Å². The van der Waals surface area contributed by atoms with Crippen molar-refractivity contribution in [2.45, 2.75) is 33.6 Å². The lowest BCUT2D eigenvalue weighted by molar-refractivity contribution is -0.123. The summed E-state index contributed by atoms with van der Waals surface area (Å²) in [5.41, 5.74) is 7.11. The Morgan fingerprint density at radius 2 is 2.03 bits per heavy atom. The standard InChI is InChI=1S/C23H23BrClN3O2/c1-13(2)18-10-19(24)15(4)8-21(18)30-12-22(29)28-26-11-17-9-16-6-5-14(3)7-20(16)27-23(17)25/h5-11,13H,12H2,1-4H3,(H,28,29)/b26-11+. The van der Waals surface area contributed by atoms with Gasteiger partial charge in [-0.15, -0.1) is 0 Å². The van der Waals surface area contributed by atoms with Crippen molar-refractivity contribution in [3.8, 4) is 5.75 Å². The van der Waals surface area contributed by atoms with Gasteiger partial charge in [-0.3, -0.25) is 4.79 Å². The van der Waals surface area contributed by atoms with Gasteiger partial charge in [0.05, 0.1) is 11.7 Å². The van der Waals surface area contributed by atoms with Gasteiger partial charge < -0.3 is 4.74 Å². The minimum absolute atomic E-state index is 0.138. The lowest BCUT2D eigenvalue weighted by Gasteiger charge is -2.15. The van der Waals surface area contributed by atoms with Crippen LogP contribution in [-0.2, 0) is 4.79 Å². The Morgan fingerprint density at radius 1 is 1.27 bits per heavy atom. The highest BCUT2D eigenvalue weighted by molar-refractivity contribution is 9.10. The third-order valence-corrected chi connectivity index (χ3v) is 5.78. The first kappa shape index (κ1) is 22.2. The second-order valence-electron chi connectivity index (χ2n) is 7.44. The summed E-state index contributed by atoms with van der Waals surface area (Å²) in [5.74, 6) is 0.605. The first-order valence-electron chi connectivity index (χ1n) is 9.56. The topological polar surface area (TPSA) is 63.6 Å². The number of halogens is 2. The number of ether oxygens (including phenoxy) is 1. The molecule has 1 amide bonds. The van der Waals surface area contributed by atoms with Crippen LogP contribution in [0.1, 0.15) is 42.0 Å². The maximum Gasteiger partial charge on any atom is 0.277 e. The average Bonchev–Trinajstić information content (AvgIpc) is 2.68. The van der Waals surface area contributed by atoms with Crippen molar-refractivity contribution in [2.75, 3.05) is 6.61 Å². The third-order valence-electron chi connectivity index (χ3n) is 4.62. The second-order valence-corrected chi connectivity index (χ2v) is 8.65. The van der Waals surface area contributed by atoms with Gasteiger partial charge in [0, 0.05) is 15.4 Å². The van der Waals surface area contributed by atoms with E-state index in [1.54, 1.807) is 0 Å². The largest absolute Gasteiger partial charge is 0.483 e. The molecule has 3 aromatic rings. The molecule has 0 radical (unpaired) electrons. The van der Waals surface area contributed by atoms with E-state index in [4.69, 9.17) is 16.3 Å². The molecule has 1 N–H and O–H groups in total. The van der Waals surface area contributed by atoms with Crippen molar-refractivity contribution in [3.63, 3.8) is 0 Å². The van der Waals surface area contributed by atoms with Gasteiger partial charge in [-0.05, 0) is 60.7 Å². The number of pyridine rings is 1. The van der Waals surface area contributed by atoms with E-state index in [0.717, 1.165) is 32.1 Å². The first-order chi connectivity index (χ1) is 14.2. The summed E-state index contributed by atoms with van der Waals surface area (Å²) in [6.45, 7) is 8.00. The molecule has 1 heterocycles. The smallest absolute Gasteiger partial charge is 0.277 e. The number of amides is 1. The Labute approximate surface area is 189 Å². The third kappa shape index (κ3) is 5.37. The van der Waals surface area contributed by atoms with E-state index < -0.39 is 0 Å². The van der Waals surface area contributed by atoms with Gasteiger partial charge in [0.15, 0.2) is 6.61 Å². The van der Waals surface area contributed by atoms with Crippen LogP contribution in [0.15, 0.2) is 46.0 Å². The highest BCUT2D eigenvalue weighted by atomic mass is 79.9. The number of fused-ring (bicyclic) bond motifs is 1. The number of aromatic nitrogens is 1. The molecule has 1 aromatic heterocycles. The lowest BCUT2D eigenvalue weighted by Crippen LogP contribution is -2.25. The summed E-state index contributed by atoms with van der Waals surface area (Å²) in [6.07, 6.45) is 1.48. The van der Waals surface area contributed by atoms with E-state index in [1.165, 1.54) is 6.21 Å². The molecule has 0 aliphatic heterocycles. The molecular weight excluding hydrogens is 466 g/mol. The zero-order valence-corrected chi connectivity index (χ0v) is 19.6. The van der Waals surface area contributed by atoms with Crippen LogP contribution in [0.25, 0.3) is 10.9 Å². The number of nitrogens with zero attached hydrogens (tertiary/aromatic N) is 2. The lowest BCUT2D eigenvalue weighted by atomic mass is 10.0. The van der Waals surface area contributed by atoms with E-state index in [2.05, 4.69) is 45.3 Å². The second kappa shape index (κ2) is 9.58. The predicted molar refractivity (Wildman–Crippen MR) is 126 cm³/mol. The van der Waals surface area contributed by atoms with Gasteiger partial charge >= 0.3 is 0 Å². The van der Waals surface area contributed by atoms with Crippen LogP contribution >= 0.6 is 27.5 Å². The quantitative estimate of drug-likeness (QED) is 0.266. The molecule has 0 bridgehead atoms. The fourth-order valence-corrected chi connectivity index (χ4v) is 3.51. The zero-order valence-electron chi connectivity index (χ0n) is 17.3. The normalized spacial score (nSPS) is 11.4. The molecule has 30 heavy (non-hydrogen) atoms. The van der Waals surface area contributed by atoms with Gasteiger partial charge in [-0.1, -0.05) is 53.5 Å². The van der Waals surface area contributed by atoms with Crippen LogP contribution in [0.3, 0.4) is 0 Å². The summed E-state index contributed by atoms with van der Waals surface area (Å²) in [7, 11) is 0. The van der Waals surface area contributed by atoms with Crippen molar-refractivity contribution in [1.29, 1.82) is 0 Å². The highest BCUT2D eigenvalue weighted by Gasteiger charge is 2.12. The van der Waals surface area contributed by atoms with Crippen molar-refractivity contribution in [1.82, 2.24) is 10.4 Å². The Kier molecular flexibility index (Phi) is 7.10. The number of benzene rings is 2. The number of nitrogens with one attached hydrogen (secondary N) is 1. The molecule has 0 unspecified atom stereocenters. The fraction of sp³-hybridized carbons (Fsp3) is 0.261. The Balaban J connectivity index is 1.65. The number of hydrogen-bond donors (Lipinski definition) is 1. The summed E-state index contributed by atoms with van der Waals surface area (Å²) in [4.78, 5) is 16.6. The molecule has 7 heteroatoms. The summed E-state index contributed by atoms with van der Waals surface area (Å²) in [5, 5.41) is 5.27. The molecule has 3 rings (SSSR count). The van der Waals surface area contributed by atoms with Crippen LogP contribution in [0.2, 0.25) is 5.15 Å². The molecule has 0 saturated heterocycles. The monoisotopic (exact) mass is 487 g/mol. The molecule has 0 fully saturated rings. The first-order valence-corrected chi connectivity index (χ1v) is 10.7. The number of carbonyl (C=O) groups excluding carboxylic acids is 1. The van der Waals surface area contributed by atoms with E-state index in [9.17, 15) is 4.79 Å². The molecule has 0 aliphatic carbocycles. The predicted octanol–water partition coefficient (Wildman–Crippen LogP) is 5.92.